The number of rotatable bonds is 8. The van der Waals surface area contributed by atoms with Gasteiger partial charge in [-0.15, -0.1) is 11.3 Å². The minimum Gasteiger partial charge on any atom is -0.493 e. The maximum absolute atomic E-state index is 12.4. The molecule has 3 rings (SSSR count). The second kappa shape index (κ2) is 9.70. The molecule has 2 heterocycles. The molecule has 0 unspecified atom stereocenters. The molecular formula is C21H21N3O4S. The zero-order chi connectivity index (χ0) is 20.6. The van der Waals surface area contributed by atoms with Gasteiger partial charge in [0.05, 0.1) is 18.5 Å². The lowest BCUT2D eigenvalue weighted by molar-refractivity contribution is -0.116. The van der Waals surface area contributed by atoms with Crippen LogP contribution in [0.5, 0.6) is 11.5 Å². The Hall–Kier alpha value is -3.39. The zero-order valence-electron chi connectivity index (χ0n) is 16.1. The first-order chi connectivity index (χ1) is 14.1. The summed E-state index contributed by atoms with van der Waals surface area (Å²) in [5.41, 5.74) is 1.52. The number of anilines is 1. The summed E-state index contributed by atoms with van der Waals surface area (Å²) < 4.78 is 11.2. The first-order valence-corrected chi connectivity index (χ1v) is 9.73. The Labute approximate surface area is 172 Å². The highest BCUT2D eigenvalue weighted by molar-refractivity contribution is 7.12. The van der Waals surface area contributed by atoms with E-state index in [0.717, 1.165) is 5.56 Å². The number of benzene rings is 1. The summed E-state index contributed by atoms with van der Waals surface area (Å²) in [4.78, 5) is 30.6. The quantitative estimate of drug-likeness (QED) is 0.614. The van der Waals surface area contributed by atoms with E-state index in [1.165, 1.54) is 16.2 Å². The molecule has 0 radical (unpaired) electrons. The van der Waals surface area contributed by atoms with Crippen LogP contribution in [0.1, 0.15) is 15.2 Å². The van der Waals surface area contributed by atoms with Crippen molar-refractivity contribution >= 4 is 28.8 Å². The molecule has 1 aromatic carbocycles. The number of ether oxygens (including phenoxy) is 2. The van der Waals surface area contributed by atoms with E-state index in [1.807, 2.05) is 17.5 Å². The van der Waals surface area contributed by atoms with Crippen molar-refractivity contribution < 1.29 is 19.1 Å². The Morgan fingerprint density at radius 3 is 2.62 bits per heavy atom. The van der Waals surface area contributed by atoms with Crippen LogP contribution >= 0.6 is 11.3 Å². The summed E-state index contributed by atoms with van der Waals surface area (Å²) in [6.45, 7) is 0.282. The monoisotopic (exact) mass is 411 g/mol. The SMILES string of the molecule is COc1ccc(NC(=O)CN(C)C(=O)c2cccs2)cc1OCc1ccncc1. The molecule has 29 heavy (non-hydrogen) atoms. The number of nitrogens with one attached hydrogen (secondary N) is 1. The largest absolute Gasteiger partial charge is 0.493 e. The molecule has 0 aliphatic heterocycles. The number of carbonyl (C=O) groups is 2. The molecule has 7 nitrogen and oxygen atoms in total. The van der Waals surface area contributed by atoms with Gasteiger partial charge in [-0.05, 0) is 41.3 Å². The zero-order valence-corrected chi connectivity index (χ0v) is 16.9. The summed E-state index contributed by atoms with van der Waals surface area (Å²) in [5.74, 6) is 0.570. The van der Waals surface area contributed by atoms with E-state index in [1.54, 1.807) is 56.9 Å². The van der Waals surface area contributed by atoms with Crippen molar-refractivity contribution in [3.63, 3.8) is 0 Å². The van der Waals surface area contributed by atoms with Crippen molar-refractivity contribution in [3.05, 3.63) is 70.7 Å². The summed E-state index contributed by atoms with van der Waals surface area (Å²) in [6.07, 6.45) is 3.39. The van der Waals surface area contributed by atoms with Crippen molar-refractivity contribution in [2.75, 3.05) is 26.0 Å². The van der Waals surface area contributed by atoms with Crippen LogP contribution in [0, 0.1) is 0 Å². The highest BCUT2D eigenvalue weighted by Crippen LogP contribution is 2.31. The fraction of sp³-hybridized carbons (Fsp3) is 0.190. The molecular weight excluding hydrogens is 390 g/mol. The van der Waals surface area contributed by atoms with Crippen LogP contribution in [0.15, 0.2) is 60.2 Å². The van der Waals surface area contributed by atoms with Crippen LogP contribution < -0.4 is 14.8 Å². The molecule has 3 aromatic rings. The second-order valence-corrected chi connectivity index (χ2v) is 7.14. The number of aromatic nitrogens is 1. The number of likely N-dealkylation sites (N-methyl/N-ethyl adjacent to an activating group) is 1. The molecule has 150 valence electrons. The van der Waals surface area contributed by atoms with Crippen LogP contribution in [0.4, 0.5) is 5.69 Å². The van der Waals surface area contributed by atoms with Gasteiger partial charge in [-0.25, -0.2) is 0 Å². The van der Waals surface area contributed by atoms with E-state index in [4.69, 9.17) is 9.47 Å². The lowest BCUT2D eigenvalue weighted by Crippen LogP contribution is -2.34. The van der Waals surface area contributed by atoms with E-state index in [0.29, 0.717) is 28.7 Å². The molecule has 0 fully saturated rings. The van der Waals surface area contributed by atoms with Gasteiger partial charge in [-0.1, -0.05) is 6.07 Å². The molecule has 0 aliphatic rings. The molecule has 1 N–H and O–H groups in total. The first kappa shape index (κ1) is 20.3. The highest BCUT2D eigenvalue weighted by atomic mass is 32.1. The summed E-state index contributed by atoms with van der Waals surface area (Å²) in [5, 5.41) is 4.61. The van der Waals surface area contributed by atoms with Crippen LogP contribution in [-0.4, -0.2) is 42.4 Å². The fourth-order valence-electron chi connectivity index (χ4n) is 2.58. The van der Waals surface area contributed by atoms with Gasteiger partial charge < -0.3 is 19.7 Å². The molecule has 0 spiro atoms. The van der Waals surface area contributed by atoms with E-state index in [2.05, 4.69) is 10.3 Å². The maximum Gasteiger partial charge on any atom is 0.264 e. The fourth-order valence-corrected chi connectivity index (χ4v) is 3.30. The van der Waals surface area contributed by atoms with Gasteiger partial charge in [0.1, 0.15) is 6.61 Å². The first-order valence-electron chi connectivity index (χ1n) is 8.85. The Morgan fingerprint density at radius 2 is 1.93 bits per heavy atom. The number of thiophene rings is 1. The third-order valence-electron chi connectivity index (χ3n) is 4.05. The summed E-state index contributed by atoms with van der Waals surface area (Å²) in [6, 6.07) is 12.4. The Bertz CT molecular complexity index is 961. The summed E-state index contributed by atoms with van der Waals surface area (Å²) >= 11 is 1.34. The normalized spacial score (nSPS) is 10.3. The van der Waals surface area contributed by atoms with Crippen molar-refractivity contribution in [1.29, 1.82) is 0 Å². The van der Waals surface area contributed by atoms with Gasteiger partial charge in [0.15, 0.2) is 11.5 Å². The number of hydrogen-bond acceptors (Lipinski definition) is 6. The van der Waals surface area contributed by atoms with Gasteiger partial charge >= 0.3 is 0 Å². The molecule has 0 saturated heterocycles. The van der Waals surface area contributed by atoms with Crippen LogP contribution in [0.2, 0.25) is 0 Å². The van der Waals surface area contributed by atoms with E-state index >= 15 is 0 Å². The van der Waals surface area contributed by atoms with Crippen molar-refractivity contribution in [1.82, 2.24) is 9.88 Å². The molecule has 2 aromatic heterocycles. The molecule has 2 amide bonds. The molecule has 8 heteroatoms. The third-order valence-corrected chi connectivity index (χ3v) is 4.91. The van der Waals surface area contributed by atoms with Crippen molar-refractivity contribution in [3.8, 4) is 11.5 Å². The lowest BCUT2D eigenvalue weighted by Gasteiger charge is -2.17. The van der Waals surface area contributed by atoms with Gasteiger partial charge in [0.2, 0.25) is 5.91 Å². The van der Waals surface area contributed by atoms with Crippen molar-refractivity contribution in [2.24, 2.45) is 0 Å². The van der Waals surface area contributed by atoms with Crippen LogP contribution in [0.25, 0.3) is 0 Å². The van der Waals surface area contributed by atoms with Gasteiger partial charge in [0, 0.05) is 31.2 Å². The second-order valence-electron chi connectivity index (χ2n) is 6.20. The molecule has 0 aliphatic carbocycles. The number of pyridine rings is 1. The average Bonchev–Trinajstić information content (AvgIpc) is 3.27. The van der Waals surface area contributed by atoms with Gasteiger partial charge in [0.25, 0.3) is 5.91 Å². The van der Waals surface area contributed by atoms with Crippen molar-refractivity contribution in [2.45, 2.75) is 6.61 Å². The number of hydrogen-bond donors (Lipinski definition) is 1. The van der Waals surface area contributed by atoms with E-state index in [-0.39, 0.29) is 18.4 Å². The number of carbonyl (C=O) groups excluding carboxylic acids is 2. The Balaban J connectivity index is 1.62. The number of nitrogens with zero attached hydrogens (tertiary/aromatic N) is 2. The smallest absolute Gasteiger partial charge is 0.264 e. The topological polar surface area (TPSA) is 80.8 Å². The third kappa shape index (κ3) is 5.55. The molecule has 0 atom stereocenters. The molecule has 0 saturated carbocycles. The number of amides is 2. The predicted molar refractivity (Wildman–Crippen MR) is 111 cm³/mol. The van der Waals surface area contributed by atoms with Crippen LogP contribution in [0.3, 0.4) is 0 Å². The number of methoxy groups -OCH3 is 1. The summed E-state index contributed by atoms with van der Waals surface area (Å²) in [7, 11) is 3.15. The van der Waals surface area contributed by atoms with Gasteiger partial charge in [-0.3, -0.25) is 14.6 Å². The minimum atomic E-state index is -0.303. The predicted octanol–water partition coefficient (Wildman–Crippen LogP) is 3.44. The average molecular weight is 411 g/mol. The maximum atomic E-state index is 12.4. The van der Waals surface area contributed by atoms with E-state index < -0.39 is 0 Å². The molecule has 0 bridgehead atoms. The minimum absolute atomic E-state index is 0.0596. The Morgan fingerprint density at radius 1 is 1.14 bits per heavy atom. The lowest BCUT2D eigenvalue weighted by atomic mass is 10.2. The highest BCUT2D eigenvalue weighted by Gasteiger charge is 2.16. The van der Waals surface area contributed by atoms with Crippen LogP contribution in [-0.2, 0) is 11.4 Å². The Kier molecular flexibility index (Phi) is 6.80. The van der Waals surface area contributed by atoms with Gasteiger partial charge in [-0.2, -0.15) is 0 Å². The van der Waals surface area contributed by atoms with E-state index in [9.17, 15) is 9.59 Å². The standard InChI is InChI=1S/C21H21N3O4S/c1-24(21(26)19-4-3-11-29-19)13-20(25)23-16-5-6-17(27-2)18(12-16)28-14-15-7-9-22-10-8-15/h3-12H,13-14H2,1-2H3,(H,23,25).